The normalized spacial score (nSPS) is 19.8. The number of hydrogen-bond acceptors (Lipinski definition) is 4. The van der Waals surface area contributed by atoms with Gasteiger partial charge >= 0.3 is 0 Å². The molecule has 154 valence electrons. The van der Waals surface area contributed by atoms with Crippen molar-refractivity contribution in [2.75, 3.05) is 41.3 Å². The van der Waals surface area contributed by atoms with Gasteiger partial charge in [-0.1, -0.05) is 6.07 Å². The predicted octanol–water partition coefficient (Wildman–Crippen LogP) is 4.00. The third-order valence-corrected chi connectivity index (χ3v) is 5.94. The summed E-state index contributed by atoms with van der Waals surface area (Å²) in [6.07, 6.45) is 5.68. The Hall–Kier alpha value is -2.76. The Morgan fingerprint density at radius 1 is 0.966 bits per heavy atom. The number of amides is 1. The zero-order valence-corrected chi connectivity index (χ0v) is 16.7. The molecule has 0 aromatic heterocycles. The minimum Gasteiger partial charge on any atom is -0.380 e. The smallest absolute Gasteiger partial charge is 0.250 e. The maximum absolute atomic E-state index is 13.6. The highest BCUT2D eigenvalue weighted by Crippen LogP contribution is 2.29. The number of halogens is 1. The summed E-state index contributed by atoms with van der Waals surface area (Å²) in [5.74, 6) is -0.640. The molecule has 6 heteroatoms. The van der Waals surface area contributed by atoms with Crippen LogP contribution < -0.4 is 20.9 Å². The molecule has 0 aliphatic carbocycles. The molecule has 5 nitrogen and oxygen atoms in total. The SMILES string of the molecule is NC(=O)c1ccc(N2CCCCC2)cc1N[C@@H]1CCCN(c2cccc(F)c2)C1. The fraction of sp³-hybridized carbons (Fsp3) is 0.435. The highest BCUT2D eigenvalue weighted by atomic mass is 19.1. The van der Waals surface area contributed by atoms with E-state index in [0.717, 1.165) is 56.1 Å². The summed E-state index contributed by atoms with van der Waals surface area (Å²) in [6, 6.07) is 12.8. The lowest BCUT2D eigenvalue weighted by molar-refractivity contribution is 0.100. The number of nitrogens with zero attached hydrogens (tertiary/aromatic N) is 2. The number of anilines is 3. The van der Waals surface area contributed by atoms with E-state index in [9.17, 15) is 9.18 Å². The highest BCUT2D eigenvalue weighted by Gasteiger charge is 2.22. The third-order valence-electron chi connectivity index (χ3n) is 5.94. The molecule has 2 aromatic carbocycles. The van der Waals surface area contributed by atoms with Crippen LogP contribution in [0.3, 0.4) is 0 Å². The second kappa shape index (κ2) is 8.72. The fourth-order valence-electron chi connectivity index (χ4n) is 4.44. The molecule has 1 atom stereocenters. The van der Waals surface area contributed by atoms with E-state index in [1.54, 1.807) is 12.1 Å². The summed E-state index contributed by atoms with van der Waals surface area (Å²) < 4.78 is 13.6. The molecule has 4 rings (SSSR count). The van der Waals surface area contributed by atoms with Crippen LogP contribution in [0.4, 0.5) is 21.5 Å². The van der Waals surface area contributed by atoms with Crippen molar-refractivity contribution in [2.24, 2.45) is 5.73 Å². The van der Waals surface area contributed by atoms with Crippen LogP contribution in [-0.4, -0.2) is 38.1 Å². The predicted molar refractivity (Wildman–Crippen MR) is 116 cm³/mol. The van der Waals surface area contributed by atoms with Gasteiger partial charge in [0.2, 0.25) is 0 Å². The summed E-state index contributed by atoms with van der Waals surface area (Å²) in [6.45, 7) is 3.76. The van der Waals surface area contributed by atoms with E-state index in [1.807, 2.05) is 18.2 Å². The number of carbonyl (C=O) groups is 1. The molecule has 0 bridgehead atoms. The van der Waals surface area contributed by atoms with Gasteiger partial charge in [-0.05, 0) is 68.5 Å². The molecule has 2 aromatic rings. The summed E-state index contributed by atoms with van der Waals surface area (Å²) in [7, 11) is 0. The molecule has 2 saturated heterocycles. The largest absolute Gasteiger partial charge is 0.380 e. The number of nitrogens with one attached hydrogen (secondary N) is 1. The second-order valence-corrected chi connectivity index (χ2v) is 8.05. The molecular weight excluding hydrogens is 367 g/mol. The van der Waals surface area contributed by atoms with Crippen LogP contribution >= 0.6 is 0 Å². The first-order chi connectivity index (χ1) is 14.1. The van der Waals surface area contributed by atoms with Crippen molar-refractivity contribution in [3.63, 3.8) is 0 Å². The van der Waals surface area contributed by atoms with Gasteiger partial charge in [-0.3, -0.25) is 4.79 Å². The molecule has 2 heterocycles. The lowest BCUT2D eigenvalue weighted by Gasteiger charge is -2.36. The van der Waals surface area contributed by atoms with E-state index in [-0.39, 0.29) is 11.9 Å². The molecule has 2 aliphatic rings. The molecule has 1 amide bonds. The van der Waals surface area contributed by atoms with Crippen molar-refractivity contribution >= 4 is 23.0 Å². The average molecular weight is 397 g/mol. The molecule has 2 fully saturated rings. The zero-order chi connectivity index (χ0) is 20.2. The first kappa shape index (κ1) is 19.6. The van der Waals surface area contributed by atoms with Gasteiger partial charge in [-0.2, -0.15) is 0 Å². The number of hydrogen-bond donors (Lipinski definition) is 2. The van der Waals surface area contributed by atoms with Crippen LogP contribution in [0.25, 0.3) is 0 Å². The number of nitrogens with two attached hydrogens (primary N) is 1. The van der Waals surface area contributed by atoms with Gasteiger partial charge in [0.1, 0.15) is 5.82 Å². The Labute approximate surface area is 171 Å². The molecular formula is C23H29FN4O. The van der Waals surface area contributed by atoms with Crippen LogP contribution in [0, 0.1) is 5.82 Å². The van der Waals surface area contributed by atoms with Crippen LogP contribution in [0.2, 0.25) is 0 Å². The van der Waals surface area contributed by atoms with Gasteiger partial charge in [-0.15, -0.1) is 0 Å². The van der Waals surface area contributed by atoms with E-state index in [1.165, 1.54) is 25.3 Å². The minimum absolute atomic E-state index is 0.168. The first-order valence-electron chi connectivity index (χ1n) is 10.6. The van der Waals surface area contributed by atoms with Gasteiger partial charge < -0.3 is 20.9 Å². The van der Waals surface area contributed by atoms with E-state index in [0.29, 0.717) is 5.56 Å². The molecule has 3 N–H and O–H groups in total. The van der Waals surface area contributed by atoms with E-state index in [2.05, 4.69) is 21.2 Å². The summed E-state index contributed by atoms with van der Waals surface area (Å²) >= 11 is 0. The van der Waals surface area contributed by atoms with Crippen LogP contribution in [-0.2, 0) is 0 Å². The third kappa shape index (κ3) is 4.63. The quantitative estimate of drug-likeness (QED) is 0.802. The summed E-state index contributed by atoms with van der Waals surface area (Å²) in [5.41, 5.74) is 8.99. The van der Waals surface area contributed by atoms with Crippen molar-refractivity contribution in [1.82, 2.24) is 0 Å². The molecule has 29 heavy (non-hydrogen) atoms. The van der Waals surface area contributed by atoms with Crippen LogP contribution in [0.15, 0.2) is 42.5 Å². The fourth-order valence-corrected chi connectivity index (χ4v) is 4.44. The standard InChI is InChI=1S/C23H29FN4O/c24-17-6-4-8-19(14-17)28-13-5-7-18(16-28)26-22-15-20(9-10-21(22)23(25)29)27-11-2-1-3-12-27/h4,6,8-10,14-15,18,26H,1-3,5,7,11-13,16H2,(H2,25,29)/t18-/m1/s1. The molecule has 0 saturated carbocycles. The van der Waals surface area contributed by atoms with Gasteiger partial charge in [0, 0.05) is 49.3 Å². The maximum Gasteiger partial charge on any atom is 0.250 e. The van der Waals surface area contributed by atoms with Crippen molar-refractivity contribution in [3.8, 4) is 0 Å². The van der Waals surface area contributed by atoms with E-state index in [4.69, 9.17) is 5.73 Å². The van der Waals surface area contributed by atoms with Gasteiger partial charge in [0.05, 0.1) is 5.56 Å². The van der Waals surface area contributed by atoms with Crippen LogP contribution in [0.5, 0.6) is 0 Å². The number of piperidine rings is 2. The molecule has 0 unspecified atom stereocenters. The van der Waals surface area contributed by atoms with Gasteiger partial charge in [0.15, 0.2) is 0 Å². The zero-order valence-electron chi connectivity index (χ0n) is 16.7. The van der Waals surface area contributed by atoms with Gasteiger partial charge in [-0.25, -0.2) is 4.39 Å². The monoisotopic (exact) mass is 396 g/mol. The number of carbonyl (C=O) groups excluding carboxylic acids is 1. The maximum atomic E-state index is 13.6. The van der Waals surface area contributed by atoms with E-state index < -0.39 is 5.91 Å². The average Bonchev–Trinajstić information content (AvgIpc) is 2.74. The van der Waals surface area contributed by atoms with Gasteiger partial charge in [0.25, 0.3) is 5.91 Å². The Kier molecular flexibility index (Phi) is 5.88. The first-order valence-corrected chi connectivity index (χ1v) is 10.6. The second-order valence-electron chi connectivity index (χ2n) is 8.05. The number of benzene rings is 2. The van der Waals surface area contributed by atoms with Crippen molar-refractivity contribution < 1.29 is 9.18 Å². The molecule has 0 spiro atoms. The molecule has 0 radical (unpaired) electrons. The van der Waals surface area contributed by atoms with E-state index >= 15 is 0 Å². The van der Waals surface area contributed by atoms with Crippen LogP contribution in [0.1, 0.15) is 42.5 Å². The topological polar surface area (TPSA) is 61.6 Å². The van der Waals surface area contributed by atoms with Crippen molar-refractivity contribution in [1.29, 1.82) is 0 Å². The Morgan fingerprint density at radius 2 is 1.72 bits per heavy atom. The molecule has 2 aliphatic heterocycles. The summed E-state index contributed by atoms with van der Waals surface area (Å²) in [5, 5.41) is 3.56. The van der Waals surface area contributed by atoms with Crippen molar-refractivity contribution in [3.05, 3.63) is 53.8 Å². The Morgan fingerprint density at radius 3 is 2.48 bits per heavy atom. The Balaban J connectivity index is 1.53. The highest BCUT2D eigenvalue weighted by molar-refractivity contribution is 5.99. The number of rotatable bonds is 5. The Bertz CT molecular complexity index is 866. The number of primary amides is 1. The minimum atomic E-state index is -0.421. The van der Waals surface area contributed by atoms with Crippen molar-refractivity contribution in [2.45, 2.75) is 38.1 Å². The lowest BCUT2D eigenvalue weighted by atomic mass is 10.0. The lowest BCUT2D eigenvalue weighted by Crippen LogP contribution is -2.42. The summed E-state index contributed by atoms with van der Waals surface area (Å²) in [4.78, 5) is 16.6.